The Hall–Kier alpha value is -1.15. The molecule has 1 atom stereocenters. The molecule has 0 aliphatic heterocycles. The third kappa shape index (κ3) is 2.39. The van der Waals surface area contributed by atoms with Gasteiger partial charge < -0.3 is 0 Å². The zero-order valence-electron chi connectivity index (χ0n) is 7.16. The topological polar surface area (TPSA) is 34.1 Å². The average molecular weight is 197 g/mol. The third-order valence-electron chi connectivity index (χ3n) is 1.77. The molecule has 1 rings (SSSR count). The molecule has 0 saturated carbocycles. The maximum absolute atomic E-state index is 11.1. The van der Waals surface area contributed by atoms with Gasteiger partial charge in [-0.3, -0.25) is 9.59 Å². The maximum atomic E-state index is 11.1. The highest BCUT2D eigenvalue weighted by Gasteiger charge is 2.22. The van der Waals surface area contributed by atoms with Crippen molar-refractivity contribution in [1.82, 2.24) is 0 Å². The van der Waals surface area contributed by atoms with Crippen LogP contribution in [0, 0.1) is 0 Å². The second kappa shape index (κ2) is 4.19. The predicted molar refractivity (Wildman–Crippen MR) is 50.7 cm³/mol. The smallest absolute Gasteiger partial charge is 0.236 e. The minimum atomic E-state index is -0.817. The Morgan fingerprint density at radius 3 is 2.15 bits per heavy atom. The fraction of sp³-hybridized carbons (Fsp3) is 0.200. The van der Waals surface area contributed by atoms with E-state index in [0.717, 1.165) is 0 Å². The molecular formula is C10H9ClO2. The molecule has 0 heterocycles. The standard InChI is InChI=1S/C10H9ClO2/c1-7(12)9(10(11)13)8-5-3-2-4-6-8/h2-6,9H,1H3. The minimum absolute atomic E-state index is 0.230. The van der Waals surface area contributed by atoms with Crippen LogP contribution in [-0.2, 0) is 9.59 Å². The lowest BCUT2D eigenvalue weighted by atomic mass is 9.97. The summed E-state index contributed by atoms with van der Waals surface area (Å²) in [7, 11) is 0. The normalized spacial score (nSPS) is 12.2. The van der Waals surface area contributed by atoms with Crippen LogP contribution in [-0.4, -0.2) is 11.0 Å². The fourth-order valence-electron chi connectivity index (χ4n) is 1.17. The van der Waals surface area contributed by atoms with Crippen molar-refractivity contribution >= 4 is 22.6 Å². The molecule has 0 saturated heterocycles. The molecule has 0 spiro atoms. The quantitative estimate of drug-likeness (QED) is 0.548. The molecule has 68 valence electrons. The zero-order valence-corrected chi connectivity index (χ0v) is 7.91. The minimum Gasteiger partial charge on any atom is -0.299 e. The molecule has 0 bridgehead atoms. The second-order valence-corrected chi connectivity index (χ2v) is 3.13. The van der Waals surface area contributed by atoms with Gasteiger partial charge in [0.1, 0.15) is 11.7 Å². The van der Waals surface area contributed by atoms with Crippen LogP contribution < -0.4 is 0 Å². The number of halogens is 1. The highest BCUT2D eigenvalue weighted by atomic mass is 35.5. The van der Waals surface area contributed by atoms with Crippen molar-refractivity contribution in [3.63, 3.8) is 0 Å². The summed E-state index contributed by atoms with van der Waals surface area (Å²) in [6.07, 6.45) is 0. The van der Waals surface area contributed by atoms with Crippen molar-refractivity contribution < 1.29 is 9.59 Å². The zero-order chi connectivity index (χ0) is 9.84. The van der Waals surface area contributed by atoms with E-state index in [2.05, 4.69) is 0 Å². The first-order chi connectivity index (χ1) is 6.13. The molecule has 0 aromatic heterocycles. The van der Waals surface area contributed by atoms with Gasteiger partial charge in [-0.15, -0.1) is 0 Å². The lowest BCUT2D eigenvalue weighted by Gasteiger charge is -2.07. The Morgan fingerprint density at radius 1 is 1.23 bits per heavy atom. The summed E-state index contributed by atoms with van der Waals surface area (Å²) in [5, 5.41) is -0.626. The number of carbonyl (C=O) groups excluding carboxylic acids is 2. The second-order valence-electron chi connectivity index (χ2n) is 2.76. The highest BCUT2D eigenvalue weighted by molar-refractivity contribution is 6.66. The van der Waals surface area contributed by atoms with Gasteiger partial charge in [0.2, 0.25) is 5.24 Å². The number of Topliss-reactive ketones (excluding diaryl/α,β-unsaturated/α-hetero) is 1. The Balaban J connectivity index is 3.03. The van der Waals surface area contributed by atoms with E-state index in [9.17, 15) is 9.59 Å². The number of carbonyl (C=O) groups is 2. The predicted octanol–water partition coefficient (Wildman–Crippen LogP) is 2.12. The van der Waals surface area contributed by atoms with Crippen LogP contribution in [0.3, 0.4) is 0 Å². The first-order valence-electron chi connectivity index (χ1n) is 3.87. The van der Waals surface area contributed by atoms with E-state index in [0.29, 0.717) is 5.56 Å². The van der Waals surface area contributed by atoms with E-state index >= 15 is 0 Å². The SMILES string of the molecule is CC(=O)C(C(=O)Cl)c1ccccc1. The van der Waals surface area contributed by atoms with E-state index < -0.39 is 11.2 Å². The lowest BCUT2D eigenvalue weighted by Crippen LogP contribution is -2.15. The van der Waals surface area contributed by atoms with Crippen molar-refractivity contribution in [3.8, 4) is 0 Å². The molecule has 0 aliphatic rings. The van der Waals surface area contributed by atoms with Crippen molar-refractivity contribution in [2.24, 2.45) is 0 Å². The molecule has 3 heteroatoms. The number of hydrogen-bond donors (Lipinski definition) is 0. The summed E-state index contributed by atoms with van der Waals surface area (Å²) in [6, 6.07) is 8.79. The molecule has 2 nitrogen and oxygen atoms in total. The van der Waals surface area contributed by atoms with Crippen LogP contribution >= 0.6 is 11.6 Å². The van der Waals surface area contributed by atoms with Crippen LogP contribution in [0.2, 0.25) is 0 Å². The summed E-state index contributed by atoms with van der Waals surface area (Å²) in [4.78, 5) is 22.0. The highest BCUT2D eigenvalue weighted by Crippen LogP contribution is 2.19. The van der Waals surface area contributed by atoms with Crippen LogP contribution in [0.25, 0.3) is 0 Å². The van der Waals surface area contributed by atoms with E-state index in [1.165, 1.54) is 6.92 Å². The van der Waals surface area contributed by atoms with Crippen molar-refractivity contribution in [3.05, 3.63) is 35.9 Å². The van der Waals surface area contributed by atoms with Gasteiger partial charge in [0, 0.05) is 0 Å². The molecule has 0 fully saturated rings. The van der Waals surface area contributed by atoms with Gasteiger partial charge in [-0.1, -0.05) is 30.3 Å². The maximum Gasteiger partial charge on any atom is 0.236 e. The van der Waals surface area contributed by atoms with E-state index in [1.54, 1.807) is 24.3 Å². The third-order valence-corrected chi connectivity index (χ3v) is 1.98. The number of hydrogen-bond acceptors (Lipinski definition) is 2. The van der Waals surface area contributed by atoms with Gasteiger partial charge in [0.25, 0.3) is 0 Å². The molecular weight excluding hydrogens is 188 g/mol. The van der Waals surface area contributed by atoms with Crippen LogP contribution in [0.4, 0.5) is 0 Å². The number of rotatable bonds is 3. The van der Waals surface area contributed by atoms with Crippen LogP contribution in [0.5, 0.6) is 0 Å². The summed E-state index contributed by atoms with van der Waals surface area (Å²) in [5.41, 5.74) is 0.648. The van der Waals surface area contributed by atoms with Crippen LogP contribution in [0.1, 0.15) is 18.4 Å². The Labute approximate surface area is 81.5 Å². The summed E-state index contributed by atoms with van der Waals surface area (Å²) < 4.78 is 0. The van der Waals surface area contributed by atoms with Crippen molar-refractivity contribution in [2.75, 3.05) is 0 Å². The molecule has 0 amide bonds. The molecule has 0 N–H and O–H groups in total. The largest absolute Gasteiger partial charge is 0.299 e. The van der Waals surface area contributed by atoms with Gasteiger partial charge in [-0.25, -0.2) is 0 Å². The van der Waals surface area contributed by atoms with Gasteiger partial charge in [-0.05, 0) is 24.1 Å². The van der Waals surface area contributed by atoms with Crippen molar-refractivity contribution in [2.45, 2.75) is 12.8 Å². The summed E-state index contributed by atoms with van der Waals surface area (Å²) in [6.45, 7) is 1.36. The molecule has 0 radical (unpaired) electrons. The van der Waals surface area contributed by atoms with Gasteiger partial charge in [0.15, 0.2) is 0 Å². The fourth-order valence-corrected chi connectivity index (χ4v) is 1.45. The Morgan fingerprint density at radius 2 is 1.77 bits per heavy atom. The Bertz CT molecular complexity index is 305. The van der Waals surface area contributed by atoms with E-state index in [-0.39, 0.29) is 5.78 Å². The van der Waals surface area contributed by atoms with E-state index in [1.807, 2.05) is 6.07 Å². The first-order valence-corrected chi connectivity index (χ1v) is 4.25. The van der Waals surface area contributed by atoms with Crippen LogP contribution in [0.15, 0.2) is 30.3 Å². The van der Waals surface area contributed by atoms with Gasteiger partial charge in [-0.2, -0.15) is 0 Å². The first kappa shape index (κ1) is 9.93. The summed E-state index contributed by atoms with van der Waals surface area (Å²) in [5.74, 6) is -1.05. The Kier molecular flexibility index (Phi) is 3.20. The molecule has 1 aromatic carbocycles. The van der Waals surface area contributed by atoms with Gasteiger partial charge >= 0.3 is 0 Å². The molecule has 13 heavy (non-hydrogen) atoms. The molecule has 0 aliphatic carbocycles. The average Bonchev–Trinajstić information content (AvgIpc) is 2.04. The lowest BCUT2D eigenvalue weighted by molar-refractivity contribution is -0.124. The van der Waals surface area contributed by atoms with E-state index in [4.69, 9.17) is 11.6 Å². The number of benzene rings is 1. The van der Waals surface area contributed by atoms with Gasteiger partial charge in [0.05, 0.1) is 0 Å². The van der Waals surface area contributed by atoms with Crippen molar-refractivity contribution in [1.29, 1.82) is 0 Å². The number of ketones is 1. The molecule has 1 aromatic rings. The summed E-state index contributed by atoms with van der Waals surface area (Å²) >= 11 is 5.31. The monoisotopic (exact) mass is 196 g/mol. The molecule has 1 unspecified atom stereocenters.